The molecule has 1 aliphatic heterocycles. The predicted octanol–water partition coefficient (Wildman–Crippen LogP) is 4.41. The van der Waals surface area contributed by atoms with Gasteiger partial charge in [-0.3, -0.25) is 14.5 Å². The molecule has 28 heavy (non-hydrogen) atoms. The second kappa shape index (κ2) is 8.37. The first kappa shape index (κ1) is 21.0. The number of benzene rings is 2. The van der Waals surface area contributed by atoms with E-state index in [1.165, 1.54) is 4.90 Å². The molecule has 0 unspecified atom stereocenters. The highest BCUT2D eigenvalue weighted by molar-refractivity contribution is 9.10. The molecule has 0 aliphatic carbocycles. The molecule has 0 aromatic heterocycles. The van der Waals surface area contributed by atoms with Gasteiger partial charge in [-0.05, 0) is 55.0 Å². The van der Waals surface area contributed by atoms with Gasteiger partial charge < -0.3 is 10.6 Å². The number of rotatable bonds is 5. The van der Waals surface area contributed by atoms with Crippen LogP contribution in [-0.4, -0.2) is 33.9 Å². The standard InChI is InChI=1S/C19H16BrCl2N3O2S/c1-19(25-16(26)10-23-18(25)28,9-11-2-4-12(20)5-3-11)17(27)24-15-7-13(21)6-14(22)8-15/h2-8H,9-10H2,1H3,(H,23,28)(H,24,27)/t19-/m1/s1. The van der Waals surface area contributed by atoms with Crippen LogP contribution < -0.4 is 10.6 Å². The van der Waals surface area contributed by atoms with Crippen LogP contribution in [0, 0.1) is 0 Å². The summed E-state index contributed by atoms with van der Waals surface area (Å²) < 4.78 is 0.922. The molecule has 146 valence electrons. The molecule has 0 spiro atoms. The minimum Gasteiger partial charge on any atom is -0.353 e. The number of amides is 2. The van der Waals surface area contributed by atoms with E-state index in [4.69, 9.17) is 35.4 Å². The molecule has 2 aromatic carbocycles. The number of thiocarbonyl (C=S) groups is 1. The van der Waals surface area contributed by atoms with Gasteiger partial charge in [-0.25, -0.2) is 0 Å². The van der Waals surface area contributed by atoms with Gasteiger partial charge in [0, 0.05) is 26.6 Å². The number of carbonyl (C=O) groups excluding carboxylic acids is 2. The summed E-state index contributed by atoms with van der Waals surface area (Å²) in [6, 6.07) is 12.3. The molecule has 0 bridgehead atoms. The van der Waals surface area contributed by atoms with Crippen molar-refractivity contribution in [1.82, 2.24) is 10.2 Å². The fourth-order valence-electron chi connectivity index (χ4n) is 3.07. The lowest BCUT2D eigenvalue weighted by atomic mass is 9.89. The van der Waals surface area contributed by atoms with Crippen molar-refractivity contribution in [3.8, 4) is 0 Å². The van der Waals surface area contributed by atoms with E-state index in [1.807, 2.05) is 24.3 Å². The summed E-state index contributed by atoms with van der Waals surface area (Å²) >= 11 is 20.8. The largest absolute Gasteiger partial charge is 0.353 e. The van der Waals surface area contributed by atoms with Crippen LogP contribution in [0.3, 0.4) is 0 Å². The zero-order chi connectivity index (χ0) is 20.5. The van der Waals surface area contributed by atoms with E-state index in [9.17, 15) is 9.59 Å². The van der Waals surface area contributed by atoms with Crippen LogP contribution in [0.5, 0.6) is 0 Å². The zero-order valence-corrected chi connectivity index (χ0v) is 18.7. The molecular weight excluding hydrogens is 485 g/mol. The van der Waals surface area contributed by atoms with Crippen LogP contribution in [0.2, 0.25) is 10.0 Å². The van der Waals surface area contributed by atoms with Crippen LogP contribution in [0.25, 0.3) is 0 Å². The van der Waals surface area contributed by atoms with Crippen molar-refractivity contribution >= 4 is 74.0 Å². The molecule has 1 aliphatic rings. The van der Waals surface area contributed by atoms with E-state index in [-0.39, 0.29) is 24.0 Å². The van der Waals surface area contributed by atoms with Gasteiger partial charge in [-0.1, -0.05) is 51.3 Å². The van der Waals surface area contributed by atoms with Crippen molar-refractivity contribution in [3.63, 3.8) is 0 Å². The van der Waals surface area contributed by atoms with Crippen molar-refractivity contribution in [1.29, 1.82) is 0 Å². The average Bonchev–Trinajstić information content (AvgIpc) is 2.95. The highest BCUT2D eigenvalue weighted by atomic mass is 79.9. The number of nitrogens with zero attached hydrogens (tertiary/aromatic N) is 1. The van der Waals surface area contributed by atoms with Crippen molar-refractivity contribution in [2.75, 3.05) is 11.9 Å². The summed E-state index contributed by atoms with van der Waals surface area (Å²) in [5.41, 5.74) is 0.0721. The van der Waals surface area contributed by atoms with Crippen LogP contribution in [0.4, 0.5) is 5.69 Å². The molecule has 1 atom stereocenters. The lowest BCUT2D eigenvalue weighted by molar-refractivity contribution is -0.136. The number of nitrogens with one attached hydrogen (secondary N) is 2. The Bertz CT molecular complexity index is 918. The Morgan fingerprint density at radius 2 is 1.86 bits per heavy atom. The summed E-state index contributed by atoms with van der Waals surface area (Å²) in [4.78, 5) is 27.1. The quantitative estimate of drug-likeness (QED) is 0.597. The smallest absolute Gasteiger partial charge is 0.250 e. The molecule has 1 fully saturated rings. The third-order valence-electron chi connectivity index (χ3n) is 4.41. The molecule has 2 aromatic rings. The third kappa shape index (κ3) is 4.49. The van der Waals surface area contributed by atoms with E-state index >= 15 is 0 Å². The molecule has 2 amide bonds. The van der Waals surface area contributed by atoms with Crippen molar-refractivity contribution in [3.05, 3.63) is 62.5 Å². The van der Waals surface area contributed by atoms with Gasteiger partial charge >= 0.3 is 0 Å². The van der Waals surface area contributed by atoms with Crippen molar-refractivity contribution in [2.45, 2.75) is 18.9 Å². The number of carbonyl (C=O) groups is 2. The fourth-order valence-corrected chi connectivity index (χ4v) is 4.24. The molecule has 1 saturated heterocycles. The Labute approximate surface area is 186 Å². The SMILES string of the molecule is C[C@@](Cc1ccc(Br)cc1)(C(=O)Nc1cc(Cl)cc(Cl)c1)N1C(=O)CNC1=S. The normalized spacial score (nSPS) is 15.9. The molecule has 1 heterocycles. The first-order valence-corrected chi connectivity index (χ1v) is 10.3. The molecule has 2 N–H and O–H groups in total. The molecule has 9 heteroatoms. The average molecular weight is 501 g/mol. The second-order valence-electron chi connectivity index (χ2n) is 6.58. The summed E-state index contributed by atoms with van der Waals surface area (Å²) in [5, 5.41) is 6.67. The molecule has 0 radical (unpaired) electrons. The van der Waals surface area contributed by atoms with Gasteiger partial charge in [-0.15, -0.1) is 0 Å². The summed E-state index contributed by atoms with van der Waals surface area (Å²) in [6.07, 6.45) is 0.272. The number of anilines is 1. The maximum Gasteiger partial charge on any atom is 0.250 e. The summed E-state index contributed by atoms with van der Waals surface area (Å²) in [5.74, 6) is -0.656. The minimum atomic E-state index is -1.25. The third-order valence-corrected chi connectivity index (χ3v) is 5.70. The van der Waals surface area contributed by atoms with E-state index in [1.54, 1.807) is 25.1 Å². The van der Waals surface area contributed by atoms with Gasteiger partial charge in [0.25, 0.3) is 5.91 Å². The highest BCUT2D eigenvalue weighted by Gasteiger charge is 2.47. The van der Waals surface area contributed by atoms with Crippen LogP contribution in [0.15, 0.2) is 46.9 Å². The molecule has 5 nitrogen and oxygen atoms in total. The maximum atomic E-state index is 13.3. The Kier molecular flexibility index (Phi) is 6.29. The first-order chi connectivity index (χ1) is 13.2. The van der Waals surface area contributed by atoms with E-state index in [0.717, 1.165) is 10.0 Å². The molecular formula is C19H16BrCl2N3O2S. The van der Waals surface area contributed by atoms with Gasteiger partial charge in [-0.2, -0.15) is 0 Å². The summed E-state index contributed by atoms with van der Waals surface area (Å²) in [6.45, 7) is 1.75. The second-order valence-corrected chi connectivity index (χ2v) is 8.75. The lowest BCUT2D eigenvalue weighted by Crippen LogP contribution is -2.58. The first-order valence-electron chi connectivity index (χ1n) is 8.32. The Morgan fingerprint density at radius 1 is 1.25 bits per heavy atom. The number of hydrogen-bond acceptors (Lipinski definition) is 3. The van der Waals surface area contributed by atoms with E-state index < -0.39 is 11.4 Å². The van der Waals surface area contributed by atoms with E-state index in [2.05, 4.69) is 26.6 Å². The fraction of sp³-hybridized carbons (Fsp3) is 0.211. The van der Waals surface area contributed by atoms with Crippen molar-refractivity contribution in [2.24, 2.45) is 0 Å². The zero-order valence-electron chi connectivity index (χ0n) is 14.8. The predicted molar refractivity (Wildman–Crippen MR) is 119 cm³/mol. The summed E-state index contributed by atoms with van der Waals surface area (Å²) in [7, 11) is 0. The minimum absolute atomic E-state index is 0.0606. The monoisotopic (exact) mass is 499 g/mol. The van der Waals surface area contributed by atoms with Crippen LogP contribution >= 0.6 is 51.3 Å². The van der Waals surface area contributed by atoms with Gasteiger partial charge in [0.05, 0.1) is 6.54 Å². The molecule has 3 rings (SSSR count). The van der Waals surface area contributed by atoms with E-state index in [0.29, 0.717) is 15.7 Å². The number of hydrogen-bond donors (Lipinski definition) is 2. The Balaban J connectivity index is 1.97. The van der Waals surface area contributed by atoms with Crippen LogP contribution in [0.1, 0.15) is 12.5 Å². The number of halogens is 3. The van der Waals surface area contributed by atoms with Gasteiger partial charge in [0.15, 0.2) is 5.11 Å². The van der Waals surface area contributed by atoms with Crippen LogP contribution in [-0.2, 0) is 16.0 Å². The molecule has 0 saturated carbocycles. The van der Waals surface area contributed by atoms with Gasteiger partial charge in [0.1, 0.15) is 5.54 Å². The topological polar surface area (TPSA) is 61.4 Å². The lowest BCUT2D eigenvalue weighted by Gasteiger charge is -2.36. The van der Waals surface area contributed by atoms with Crippen molar-refractivity contribution < 1.29 is 9.59 Å². The maximum absolute atomic E-state index is 13.3. The van der Waals surface area contributed by atoms with Gasteiger partial charge in [0.2, 0.25) is 5.91 Å². The highest BCUT2D eigenvalue weighted by Crippen LogP contribution is 2.28. The Morgan fingerprint density at radius 3 is 2.39 bits per heavy atom. The Hall–Kier alpha value is -1.67.